The fraction of sp³-hybridized carbons (Fsp3) is 0.571. The number of carbonyl (C=O) groups is 2. The van der Waals surface area contributed by atoms with E-state index in [1.165, 1.54) is 0 Å². The van der Waals surface area contributed by atoms with E-state index in [0.717, 1.165) is 18.5 Å². The van der Waals surface area contributed by atoms with E-state index in [0.29, 0.717) is 31.2 Å². The predicted octanol–water partition coefficient (Wildman–Crippen LogP) is 3.23. The van der Waals surface area contributed by atoms with Gasteiger partial charge in [0, 0.05) is 39.3 Å². The molecule has 1 rings (SSSR count). The summed E-state index contributed by atoms with van der Waals surface area (Å²) in [4.78, 5) is 29.4. The fourth-order valence-corrected chi connectivity index (χ4v) is 2.33. The molecule has 8 nitrogen and oxygen atoms in total. The van der Waals surface area contributed by atoms with Gasteiger partial charge in [0.05, 0.1) is 6.54 Å². The van der Waals surface area contributed by atoms with Gasteiger partial charge in [-0.05, 0) is 51.8 Å². The van der Waals surface area contributed by atoms with Gasteiger partial charge in [0.1, 0.15) is 5.60 Å². The Kier molecular flexibility index (Phi) is 13.1. The van der Waals surface area contributed by atoms with Gasteiger partial charge in [0.2, 0.25) is 5.91 Å². The van der Waals surface area contributed by atoms with Crippen LogP contribution in [-0.4, -0.2) is 62.2 Å². The van der Waals surface area contributed by atoms with Crippen molar-refractivity contribution in [2.24, 2.45) is 4.99 Å². The lowest BCUT2D eigenvalue weighted by atomic mass is 10.1. The van der Waals surface area contributed by atoms with Crippen molar-refractivity contribution in [2.45, 2.75) is 46.1 Å². The van der Waals surface area contributed by atoms with Crippen molar-refractivity contribution in [3.8, 4) is 0 Å². The van der Waals surface area contributed by atoms with Gasteiger partial charge in [-0.15, -0.1) is 24.0 Å². The van der Waals surface area contributed by atoms with E-state index in [2.05, 4.69) is 20.9 Å². The summed E-state index contributed by atoms with van der Waals surface area (Å²) in [5.41, 5.74) is 1.30. The Hall–Kier alpha value is -2.04. The van der Waals surface area contributed by atoms with Crippen LogP contribution in [0.5, 0.6) is 0 Å². The third-order valence-corrected chi connectivity index (χ3v) is 3.74. The summed E-state index contributed by atoms with van der Waals surface area (Å²) in [6, 6.07) is 7.64. The van der Waals surface area contributed by atoms with Crippen molar-refractivity contribution in [3.63, 3.8) is 0 Å². The molecule has 0 saturated carbocycles. The number of hydrogen-bond donors (Lipinski definition) is 3. The van der Waals surface area contributed by atoms with Crippen molar-refractivity contribution in [1.82, 2.24) is 15.5 Å². The second-order valence-electron chi connectivity index (χ2n) is 7.80. The van der Waals surface area contributed by atoms with Crippen LogP contribution in [0.25, 0.3) is 0 Å². The van der Waals surface area contributed by atoms with E-state index in [1.807, 2.05) is 52.0 Å². The molecule has 0 aliphatic carbocycles. The average Bonchev–Trinajstić information content (AvgIpc) is 2.61. The van der Waals surface area contributed by atoms with Crippen LogP contribution in [-0.2, 0) is 16.0 Å². The number of ether oxygens (including phenoxy) is 1. The standard InChI is InChI=1S/C21H35N5O3.HI/c1-7-22-19(24-15-13-18(27)26(5)6)23-14-12-16-8-10-17(11-9-16)25-20(28)29-21(2,3)4;/h8-11H,7,12-15H2,1-6H3,(H,25,28)(H2,22,23,24);1H. The van der Waals surface area contributed by atoms with E-state index in [-0.39, 0.29) is 29.9 Å². The van der Waals surface area contributed by atoms with Crippen LogP contribution in [0, 0.1) is 0 Å². The highest BCUT2D eigenvalue weighted by Gasteiger charge is 2.16. The van der Waals surface area contributed by atoms with Crippen LogP contribution in [0.3, 0.4) is 0 Å². The summed E-state index contributed by atoms with van der Waals surface area (Å²) in [6.07, 6.45) is 0.717. The minimum absolute atomic E-state index is 0. The highest BCUT2D eigenvalue weighted by Crippen LogP contribution is 2.13. The van der Waals surface area contributed by atoms with Gasteiger partial charge in [-0.3, -0.25) is 15.1 Å². The van der Waals surface area contributed by atoms with Crippen LogP contribution < -0.4 is 16.0 Å². The van der Waals surface area contributed by atoms with Gasteiger partial charge < -0.3 is 20.3 Å². The highest BCUT2D eigenvalue weighted by atomic mass is 127. The summed E-state index contributed by atoms with van der Waals surface area (Å²) < 4.78 is 5.24. The Morgan fingerprint density at radius 3 is 2.27 bits per heavy atom. The van der Waals surface area contributed by atoms with Crippen molar-refractivity contribution >= 4 is 47.6 Å². The Morgan fingerprint density at radius 1 is 1.10 bits per heavy atom. The zero-order valence-electron chi connectivity index (χ0n) is 18.9. The monoisotopic (exact) mass is 533 g/mol. The van der Waals surface area contributed by atoms with Gasteiger partial charge in [-0.25, -0.2) is 4.79 Å². The molecule has 0 atom stereocenters. The smallest absolute Gasteiger partial charge is 0.412 e. The minimum atomic E-state index is -0.527. The number of carbonyl (C=O) groups excluding carboxylic acids is 2. The number of benzene rings is 1. The first kappa shape index (κ1) is 28.0. The van der Waals surface area contributed by atoms with Gasteiger partial charge in [0.15, 0.2) is 5.96 Å². The fourth-order valence-electron chi connectivity index (χ4n) is 2.33. The number of halogens is 1. The third-order valence-electron chi connectivity index (χ3n) is 3.74. The quantitative estimate of drug-likeness (QED) is 0.271. The lowest BCUT2D eigenvalue weighted by Gasteiger charge is -2.19. The number of amides is 2. The highest BCUT2D eigenvalue weighted by molar-refractivity contribution is 14.0. The Balaban J connectivity index is 0.00000841. The molecule has 170 valence electrons. The molecule has 0 heterocycles. The molecule has 9 heteroatoms. The lowest BCUT2D eigenvalue weighted by molar-refractivity contribution is -0.128. The molecule has 2 amide bonds. The van der Waals surface area contributed by atoms with Crippen molar-refractivity contribution < 1.29 is 14.3 Å². The molecular weight excluding hydrogens is 497 g/mol. The van der Waals surface area contributed by atoms with E-state index in [4.69, 9.17) is 4.74 Å². The molecular formula is C21H36IN5O3. The van der Waals surface area contributed by atoms with E-state index in [9.17, 15) is 9.59 Å². The minimum Gasteiger partial charge on any atom is -0.444 e. The van der Waals surface area contributed by atoms with Gasteiger partial charge in [-0.2, -0.15) is 0 Å². The summed E-state index contributed by atoms with van der Waals surface area (Å²) in [6.45, 7) is 9.37. The Labute approximate surface area is 197 Å². The first-order chi connectivity index (χ1) is 13.6. The number of anilines is 1. The molecule has 0 spiro atoms. The largest absolute Gasteiger partial charge is 0.444 e. The van der Waals surface area contributed by atoms with Gasteiger partial charge >= 0.3 is 6.09 Å². The molecule has 0 bridgehead atoms. The molecule has 0 saturated heterocycles. The number of nitrogens with zero attached hydrogens (tertiary/aromatic N) is 2. The van der Waals surface area contributed by atoms with Crippen molar-refractivity contribution in [3.05, 3.63) is 29.8 Å². The molecule has 1 aromatic carbocycles. The number of guanidine groups is 1. The first-order valence-corrected chi connectivity index (χ1v) is 9.92. The molecule has 30 heavy (non-hydrogen) atoms. The first-order valence-electron chi connectivity index (χ1n) is 9.92. The average molecular weight is 533 g/mol. The summed E-state index contributed by atoms with van der Waals surface area (Å²) in [7, 11) is 3.48. The zero-order chi connectivity index (χ0) is 21.9. The second kappa shape index (κ2) is 14.1. The second-order valence-corrected chi connectivity index (χ2v) is 7.80. The Morgan fingerprint density at radius 2 is 1.73 bits per heavy atom. The molecule has 0 unspecified atom stereocenters. The maximum atomic E-state index is 11.8. The van der Waals surface area contributed by atoms with Crippen LogP contribution in [0.4, 0.5) is 10.5 Å². The summed E-state index contributed by atoms with van der Waals surface area (Å²) in [5.74, 6) is 0.756. The van der Waals surface area contributed by atoms with Crippen LogP contribution >= 0.6 is 24.0 Å². The summed E-state index contributed by atoms with van der Waals surface area (Å²) >= 11 is 0. The topological polar surface area (TPSA) is 95.1 Å². The third kappa shape index (κ3) is 12.5. The lowest BCUT2D eigenvalue weighted by Crippen LogP contribution is -2.38. The van der Waals surface area contributed by atoms with E-state index < -0.39 is 11.7 Å². The molecule has 3 N–H and O–H groups in total. The molecule has 0 fully saturated rings. The number of nitrogens with one attached hydrogen (secondary N) is 3. The van der Waals surface area contributed by atoms with Gasteiger partial charge in [0.25, 0.3) is 0 Å². The van der Waals surface area contributed by atoms with Crippen molar-refractivity contribution in [1.29, 1.82) is 0 Å². The molecule has 0 aliphatic heterocycles. The maximum Gasteiger partial charge on any atom is 0.412 e. The number of rotatable bonds is 8. The van der Waals surface area contributed by atoms with E-state index in [1.54, 1.807) is 19.0 Å². The normalized spacial score (nSPS) is 11.2. The number of hydrogen-bond acceptors (Lipinski definition) is 4. The predicted molar refractivity (Wildman–Crippen MR) is 133 cm³/mol. The molecule has 0 aliphatic rings. The Bertz CT molecular complexity index is 685. The number of aliphatic imine (C=N–C) groups is 1. The maximum absolute atomic E-state index is 11.8. The van der Waals surface area contributed by atoms with Crippen molar-refractivity contribution in [2.75, 3.05) is 39.0 Å². The summed E-state index contributed by atoms with van der Waals surface area (Å²) in [5, 5.41) is 9.16. The van der Waals surface area contributed by atoms with Gasteiger partial charge in [-0.1, -0.05) is 12.1 Å². The van der Waals surface area contributed by atoms with E-state index >= 15 is 0 Å². The van der Waals surface area contributed by atoms with Crippen LogP contribution in [0.15, 0.2) is 29.3 Å². The van der Waals surface area contributed by atoms with Crippen LogP contribution in [0.1, 0.15) is 39.7 Å². The molecule has 1 aromatic rings. The SMILES string of the molecule is CCNC(=NCCC(=O)N(C)C)NCCc1ccc(NC(=O)OC(C)(C)C)cc1.I. The zero-order valence-corrected chi connectivity index (χ0v) is 21.2. The molecule has 0 radical (unpaired) electrons. The van der Waals surface area contributed by atoms with Crippen LogP contribution in [0.2, 0.25) is 0 Å². The molecule has 0 aromatic heterocycles.